The molecule has 3 rings (SSSR count). The number of H-pyrrole nitrogens is 1. The first-order valence-electron chi connectivity index (χ1n) is 10.1. The van der Waals surface area contributed by atoms with Crippen molar-refractivity contribution in [1.29, 1.82) is 0 Å². The molecule has 2 aromatic carbocycles. The summed E-state index contributed by atoms with van der Waals surface area (Å²) in [6, 6.07) is 14.3. The van der Waals surface area contributed by atoms with E-state index < -0.39 is 0 Å². The van der Waals surface area contributed by atoms with Gasteiger partial charge >= 0.3 is 0 Å². The first-order chi connectivity index (χ1) is 14.2. The summed E-state index contributed by atoms with van der Waals surface area (Å²) < 4.78 is 11.0. The maximum Gasteiger partial charge on any atom is 0.191 e. The van der Waals surface area contributed by atoms with E-state index in [4.69, 9.17) is 14.5 Å². The molecule has 0 bridgehead atoms. The molecule has 1 aromatic heterocycles. The van der Waals surface area contributed by atoms with Gasteiger partial charge in [-0.15, -0.1) is 0 Å². The van der Waals surface area contributed by atoms with E-state index in [9.17, 15) is 0 Å². The summed E-state index contributed by atoms with van der Waals surface area (Å²) in [5, 5.41) is 8.00. The van der Waals surface area contributed by atoms with E-state index >= 15 is 0 Å². The number of nitrogens with zero attached hydrogens (tertiary/aromatic N) is 1. The third-order valence-corrected chi connectivity index (χ3v) is 4.65. The molecule has 0 atom stereocenters. The van der Waals surface area contributed by atoms with E-state index in [0.717, 1.165) is 42.5 Å². The molecule has 0 amide bonds. The number of guanidine groups is 1. The van der Waals surface area contributed by atoms with Crippen LogP contribution in [0, 0.1) is 0 Å². The van der Waals surface area contributed by atoms with Crippen LogP contribution in [0.25, 0.3) is 10.9 Å². The number of fused-ring (bicyclic) bond motifs is 1. The van der Waals surface area contributed by atoms with Crippen LogP contribution in [0.1, 0.15) is 25.0 Å². The zero-order valence-corrected chi connectivity index (χ0v) is 17.4. The van der Waals surface area contributed by atoms with Gasteiger partial charge in [-0.2, -0.15) is 0 Å². The third-order valence-electron chi connectivity index (χ3n) is 4.65. The molecule has 0 fully saturated rings. The largest absolute Gasteiger partial charge is 0.493 e. The van der Waals surface area contributed by atoms with Crippen LogP contribution in [-0.2, 0) is 13.0 Å². The van der Waals surface area contributed by atoms with E-state index in [1.54, 1.807) is 7.11 Å². The Morgan fingerprint density at radius 3 is 2.72 bits per heavy atom. The number of nitrogens with one attached hydrogen (secondary N) is 3. The van der Waals surface area contributed by atoms with Crippen LogP contribution in [0.4, 0.5) is 0 Å². The Morgan fingerprint density at radius 2 is 1.93 bits per heavy atom. The average molecular weight is 395 g/mol. The van der Waals surface area contributed by atoms with Gasteiger partial charge in [-0.25, -0.2) is 4.99 Å². The Bertz CT molecular complexity index is 949. The number of methoxy groups -OCH3 is 1. The predicted molar refractivity (Wildman–Crippen MR) is 119 cm³/mol. The van der Waals surface area contributed by atoms with Gasteiger partial charge in [-0.3, -0.25) is 0 Å². The van der Waals surface area contributed by atoms with Gasteiger partial charge in [0.25, 0.3) is 0 Å². The van der Waals surface area contributed by atoms with Gasteiger partial charge in [0.15, 0.2) is 17.5 Å². The van der Waals surface area contributed by atoms with Crippen LogP contribution in [0.15, 0.2) is 53.7 Å². The monoisotopic (exact) mass is 394 g/mol. The Kier molecular flexibility index (Phi) is 7.39. The van der Waals surface area contributed by atoms with Gasteiger partial charge in [0.1, 0.15) is 0 Å². The fraction of sp³-hybridized carbons (Fsp3) is 0.348. The van der Waals surface area contributed by atoms with Crippen molar-refractivity contribution in [3.63, 3.8) is 0 Å². The maximum atomic E-state index is 5.58. The van der Waals surface area contributed by atoms with Crippen LogP contribution in [0.2, 0.25) is 0 Å². The molecule has 0 aliphatic carbocycles. The normalized spacial score (nSPS) is 11.5. The van der Waals surface area contributed by atoms with Crippen molar-refractivity contribution in [3.8, 4) is 11.5 Å². The van der Waals surface area contributed by atoms with E-state index in [0.29, 0.717) is 13.2 Å². The molecule has 3 aromatic rings. The Labute approximate surface area is 172 Å². The maximum absolute atomic E-state index is 5.58. The fourth-order valence-corrected chi connectivity index (χ4v) is 3.25. The van der Waals surface area contributed by atoms with Gasteiger partial charge in [0.2, 0.25) is 0 Å². The molecule has 1 heterocycles. The lowest BCUT2D eigenvalue weighted by molar-refractivity contribution is 0.310. The number of aliphatic imine (C=N–C) groups is 1. The molecule has 154 valence electrons. The summed E-state index contributed by atoms with van der Waals surface area (Å²) in [7, 11) is 1.65. The van der Waals surface area contributed by atoms with Gasteiger partial charge < -0.3 is 25.1 Å². The molecular weight excluding hydrogens is 364 g/mol. The minimum absolute atomic E-state index is 0.561. The number of ether oxygens (including phenoxy) is 2. The lowest BCUT2D eigenvalue weighted by Crippen LogP contribution is -2.38. The molecule has 0 aliphatic rings. The van der Waals surface area contributed by atoms with Gasteiger partial charge in [-0.05, 0) is 49.6 Å². The van der Waals surface area contributed by atoms with Crippen molar-refractivity contribution in [2.45, 2.75) is 26.8 Å². The second-order valence-electron chi connectivity index (χ2n) is 6.65. The molecule has 0 saturated heterocycles. The number of aromatic nitrogens is 1. The van der Waals surface area contributed by atoms with Gasteiger partial charge in [0, 0.05) is 30.2 Å². The number of aromatic amines is 1. The smallest absolute Gasteiger partial charge is 0.191 e. The van der Waals surface area contributed by atoms with Crippen LogP contribution in [0.3, 0.4) is 0 Å². The number of hydrogen-bond acceptors (Lipinski definition) is 3. The van der Waals surface area contributed by atoms with E-state index in [1.165, 1.54) is 16.5 Å². The Hall–Kier alpha value is -3.15. The van der Waals surface area contributed by atoms with E-state index in [-0.39, 0.29) is 0 Å². The lowest BCUT2D eigenvalue weighted by Gasteiger charge is -2.12. The fourth-order valence-electron chi connectivity index (χ4n) is 3.25. The molecule has 6 heteroatoms. The van der Waals surface area contributed by atoms with Gasteiger partial charge in [-0.1, -0.05) is 24.3 Å². The molecule has 0 saturated carbocycles. The summed E-state index contributed by atoms with van der Waals surface area (Å²) in [4.78, 5) is 8.03. The number of para-hydroxylation sites is 1. The second kappa shape index (κ2) is 10.4. The Morgan fingerprint density at radius 1 is 1.07 bits per heavy atom. The van der Waals surface area contributed by atoms with Crippen molar-refractivity contribution in [2.24, 2.45) is 4.99 Å². The number of rotatable bonds is 9. The lowest BCUT2D eigenvalue weighted by atomic mass is 10.1. The van der Waals surface area contributed by atoms with Crippen molar-refractivity contribution in [2.75, 3.05) is 26.8 Å². The summed E-state index contributed by atoms with van der Waals surface area (Å²) >= 11 is 0. The standard InChI is InChI=1S/C23H30N4O2/c1-4-24-23(25-13-12-18-16-26-20-9-7-6-8-19(18)20)27-15-17-10-11-21(29-5-2)22(14-17)28-3/h6-11,14,16,26H,4-5,12-13,15H2,1-3H3,(H2,24,25,27). The molecule has 3 N–H and O–H groups in total. The zero-order chi connectivity index (χ0) is 20.5. The first kappa shape index (κ1) is 20.6. The van der Waals surface area contributed by atoms with E-state index in [1.807, 2.05) is 31.2 Å². The highest BCUT2D eigenvalue weighted by Gasteiger charge is 2.06. The van der Waals surface area contributed by atoms with E-state index in [2.05, 4.69) is 46.9 Å². The first-order valence-corrected chi connectivity index (χ1v) is 10.1. The molecule has 0 aliphatic heterocycles. The highest BCUT2D eigenvalue weighted by atomic mass is 16.5. The molecule has 0 unspecified atom stereocenters. The average Bonchev–Trinajstić information content (AvgIpc) is 3.16. The summed E-state index contributed by atoms with van der Waals surface area (Å²) in [6.45, 7) is 6.81. The minimum atomic E-state index is 0.561. The summed E-state index contributed by atoms with van der Waals surface area (Å²) in [5.41, 5.74) is 3.55. The van der Waals surface area contributed by atoms with Crippen molar-refractivity contribution >= 4 is 16.9 Å². The molecule has 6 nitrogen and oxygen atoms in total. The third kappa shape index (κ3) is 5.44. The van der Waals surface area contributed by atoms with Crippen LogP contribution >= 0.6 is 0 Å². The predicted octanol–water partition coefficient (Wildman–Crippen LogP) is 3.87. The SMILES string of the molecule is CCNC(=NCc1ccc(OCC)c(OC)c1)NCCc1c[nH]c2ccccc12. The molecular formula is C23H30N4O2. The minimum Gasteiger partial charge on any atom is -0.493 e. The molecule has 29 heavy (non-hydrogen) atoms. The zero-order valence-electron chi connectivity index (χ0n) is 17.4. The van der Waals surface area contributed by atoms with Crippen molar-refractivity contribution < 1.29 is 9.47 Å². The highest BCUT2D eigenvalue weighted by molar-refractivity contribution is 5.83. The van der Waals surface area contributed by atoms with Crippen LogP contribution in [-0.4, -0.2) is 37.7 Å². The molecule has 0 spiro atoms. The number of hydrogen-bond donors (Lipinski definition) is 3. The van der Waals surface area contributed by atoms with Crippen molar-refractivity contribution in [1.82, 2.24) is 15.6 Å². The van der Waals surface area contributed by atoms with Crippen LogP contribution < -0.4 is 20.1 Å². The summed E-state index contributed by atoms with van der Waals surface area (Å²) in [5.74, 6) is 2.29. The Balaban J connectivity index is 1.61. The summed E-state index contributed by atoms with van der Waals surface area (Å²) in [6.07, 6.45) is 3.01. The second-order valence-corrected chi connectivity index (χ2v) is 6.65. The van der Waals surface area contributed by atoms with Crippen molar-refractivity contribution in [3.05, 3.63) is 59.8 Å². The quantitative estimate of drug-likeness (QED) is 0.381. The highest BCUT2D eigenvalue weighted by Crippen LogP contribution is 2.28. The van der Waals surface area contributed by atoms with Gasteiger partial charge in [0.05, 0.1) is 20.3 Å². The topological polar surface area (TPSA) is 70.7 Å². The van der Waals surface area contributed by atoms with Crippen LogP contribution in [0.5, 0.6) is 11.5 Å². The number of benzene rings is 2. The molecule has 0 radical (unpaired) electrons.